The number of aryl methyl sites for hydroxylation is 2. The fraction of sp³-hybridized carbons (Fsp3) is 0.647. The summed E-state index contributed by atoms with van der Waals surface area (Å²) >= 11 is 0. The van der Waals surface area contributed by atoms with Gasteiger partial charge in [0, 0.05) is 38.8 Å². The van der Waals surface area contributed by atoms with Crippen LogP contribution < -0.4 is 5.32 Å². The lowest BCUT2D eigenvalue weighted by Crippen LogP contribution is -2.47. The first-order valence-corrected chi connectivity index (χ1v) is 7.81. The third kappa shape index (κ3) is 4.05. The number of likely N-dealkylation sites (N-methyl/N-ethyl adjacent to an activating group) is 2. The Bertz CT molecular complexity index is 422. The van der Waals surface area contributed by atoms with Gasteiger partial charge in [-0.2, -0.15) is 0 Å². The molecule has 1 aromatic rings. The van der Waals surface area contributed by atoms with Crippen molar-refractivity contribution in [2.24, 2.45) is 0 Å². The van der Waals surface area contributed by atoms with Crippen LogP contribution in [0, 0.1) is 13.8 Å². The first kappa shape index (κ1) is 15.5. The average Bonchev–Trinajstić information content (AvgIpc) is 2.41. The molecular formula is C17H29N3. The topological polar surface area (TPSA) is 18.5 Å². The Morgan fingerprint density at radius 3 is 2.45 bits per heavy atom. The number of nitrogens with zero attached hydrogens (tertiary/aromatic N) is 2. The van der Waals surface area contributed by atoms with Crippen molar-refractivity contribution in [3.63, 3.8) is 0 Å². The van der Waals surface area contributed by atoms with Crippen LogP contribution in [0.5, 0.6) is 0 Å². The summed E-state index contributed by atoms with van der Waals surface area (Å²) in [6.45, 7) is 13.5. The van der Waals surface area contributed by atoms with Crippen molar-refractivity contribution in [1.82, 2.24) is 15.1 Å². The number of hydrogen-bond donors (Lipinski definition) is 1. The molecule has 112 valence electrons. The molecule has 1 N–H and O–H groups in total. The second-order valence-corrected chi connectivity index (χ2v) is 6.07. The second-order valence-electron chi connectivity index (χ2n) is 6.07. The molecule has 0 saturated carbocycles. The van der Waals surface area contributed by atoms with E-state index in [2.05, 4.69) is 61.1 Å². The Labute approximate surface area is 124 Å². The van der Waals surface area contributed by atoms with E-state index in [-0.39, 0.29) is 0 Å². The van der Waals surface area contributed by atoms with Gasteiger partial charge < -0.3 is 10.2 Å². The SMILES string of the molecule is CCNC(CN1CCN(C)CC1)c1ccc(C)cc1C. The maximum absolute atomic E-state index is 3.66. The molecule has 0 amide bonds. The zero-order valence-corrected chi connectivity index (χ0v) is 13.4. The van der Waals surface area contributed by atoms with Crippen molar-refractivity contribution in [2.45, 2.75) is 26.8 Å². The summed E-state index contributed by atoms with van der Waals surface area (Å²) in [5, 5.41) is 3.66. The lowest BCUT2D eigenvalue weighted by molar-refractivity contribution is 0.142. The monoisotopic (exact) mass is 275 g/mol. The van der Waals surface area contributed by atoms with Crippen LogP contribution in [-0.4, -0.2) is 56.1 Å². The highest BCUT2D eigenvalue weighted by molar-refractivity contribution is 5.33. The summed E-state index contributed by atoms with van der Waals surface area (Å²) in [4.78, 5) is 5.00. The van der Waals surface area contributed by atoms with E-state index in [9.17, 15) is 0 Å². The van der Waals surface area contributed by atoms with Gasteiger partial charge >= 0.3 is 0 Å². The fourth-order valence-corrected chi connectivity index (χ4v) is 3.02. The van der Waals surface area contributed by atoms with E-state index in [0.29, 0.717) is 6.04 Å². The second kappa shape index (κ2) is 7.21. The van der Waals surface area contributed by atoms with E-state index >= 15 is 0 Å². The molecule has 1 fully saturated rings. The van der Waals surface area contributed by atoms with Gasteiger partial charge in [-0.1, -0.05) is 30.7 Å². The van der Waals surface area contributed by atoms with Crippen LogP contribution in [0.1, 0.15) is 29.7 Å². The number of hydrogen-bond acceptors (Lipinski definition) is 3. The molecule has 1 aliphatic heterocycles. The van der Waals surface area contributed by atoms with Crippen molar-refractivity contribution >= 4 is 0 Å². The summed E-state index contributed by atoms with van der Waals surface area (Å²) in [5.74, 6) is 0. The van der Waals surface area contributed by atoms with Crippen LogP contribution in [0.3, 0.4) is 0 Å². The molecule has 1 aromatic carbocycles. The maximum Gasteiger partial charge on any atom is 0.0451 e. The lowest BCUT2D eigenvalue weighted by atomic mass is 9.98. The first-order valence-electron chi connectivity index (χ1n) is 7.81. The Morgan fingerprint density at radius 2 is 1.85 bits per heavy atom. The molecule has 1 saturated heterocycles. The molecule has 0 bridgehead atoms. The number of nitrogens with one attached hydrogen (secondary N) is 1. The predicted octanol–water partition coefficient (Wildman–Crippen LogP) is 2.20. The Morgan fingerprint density at radius 1 is 1.15 bits per heavy atom. The highest BCUT2D eigenvalue weighted by atomic mass is 15.3. The van der Waals surface area contributed by atoms with Crippen molar-refractivity contribution < 1.29 is 0 Å². The van der Waals surface area contributed by atoms with Crippen LogP contribution >= 0.6 is 0 Å². The van der Waals surface area contributed by atoms with Gasteiger partial charge in [0.05, 0.1) is 0 Å². The van der Waals surface area contributed by atoms with Crippen molar-refractivity contribution in [1.29, 1.82) is 0 Å². The fourth-order valence-electron chi connectivity index (χ4n) is 3.02. The zero-order chi connectivity index (χ0) is 14.5. The van der Waals surface area contributed by atoms with E-state index in [1.165, 1.54) is 42.9 Å². The summed E-state index contributed by atoms with van der Waals surface area (Å²) in [6, 6.07) is 7.28. The van der Waals surface area contributed by atoms with E-state index in [0.717, 1.165) is 13.1 Å². The predicted molar refractivity (Wildman–Crippen MR) is 86.3 cm³/mol. The minimum atomic E-state index is 0.448. The van der Waals surface area contributed by atoms with Gasteiger partial charge in [0.1, 0.15) is 0 Å². The molecule has 1 unspecified atom stereocenters. The van der Waals surface area contributed by atoms with Crippen LogP contribution in [-0.2, 0) is 0 Å². The average molecular weight is 275 g/mol. The van der Waals surface area contributed by atoms with Gasteiger partial charge in [0.25, 0.3) is 0 Å². The molecule has 0 aliphatic carbocycles. The molecule has 1 atom stereocenters. The lowest BCUT2D eigenvalue weighted by Gasteiger charge is -2.35. The van der Waals surface area contributed by atoms with Crippen LogP contribution in [0.2, 0.25) is 0 Å². The molecule has 0 radical (unpaired) electrons. The third-order valence-corrected chi connectivity index (χ3v) is 4.29. The van der Waals surface area contributed by atoms with Gasteiger partial charge in [-0.15, -0.1) is 0 Å². The summed E-state index contributed by atoms with van der Waals surface area (Å²) < 4.78 is 0. The zero-order valence-electron chi connectivity index (χ0n) is 13.4. The molecule has 3 nitrogen and oxygen atoms in total. The van der Waals surface area contributed by atoms with Gasteiger partial charge in [0.2, 0.25) is 0 Å². The quantitative estimate of drug-likeness (QED) is 0.889. The van der Waals surface area contributed by atoms with E-state index in [1.807, 2.05) is 0 Å². The molecule has 3 heteroatoms. The van der Waals surface area contributed by atoms with E-state index in [1.54, 1.807) is 0 Å². The van der Waals surface area contributed by atoms with Crippen LogP contribution in [0.15, 0.2) is 18.2 Å². The van der Waals surface area contributed by atoms with Gasteiger partial charge in [-0.25, -0.2) is 0 Å². The summed E-state index contributed by atoms with van der Waals surface area (Å²) in [6.07, 6.45) is 0. The smallest absolute Gasteiger partial charge is 0.0451 e. The van der Waals surface area contributed by atoms with E-state index in [4.69, 9.17) is 0 Å². The number of rotatable bonds is 5. The molecule has 0 aromatic heterocycles. The van der Waals surface area contributed by atoms with E-state index < -0.39 is 0 Å². The van der Waals surface area contributed by atoms with Crippen LogP contribution in [0.25, 0.3) is 0 Å². The Balaban J connectivity index is 2.06. The van der Waals surface area contributed by atoms with Gasteiger partial charge in [-0.3, -0.25) is 4.90 Å². The van der Waals surface area contributed by atoms with Crippen molar-refractivity contribution in [3.05, 3.63) is 34.9 Å². The Hall–Kier alpha value is -0.900. The maximum atomic E-state index is 3.66. The summed E-state index contributed by atoms with van der Waals surface area (Å²) in [7, 11) is 2.21. The minimum absolute atomic E-state index is 0.448. The largest absolute Gasteiger partial charge is 0.309 e. The molecule has 1 aliphatic rings. The molecule has 0 spiro atoms. The van der Waals surface area contributed by atoms with Crippen LogP contribution in [0.4, 0.5) is 0 Å². The summed E-state index contributed by atoms with van der Waals surface area (Å²) in [5.41, 5.74) is 4.21. The molecule has 2 rings (SSSR count). The standard InChI is InChI=1S/C17H29N3/c1-5-18-17(13-20-10-8-19(4)9-11-20)16-7-6-14(2)12-15(16)3/h6-7,12,17-18H,5,8-11,13H2,1-4H3. The van der Waals surface area contributed by atoms with Gasteiger partial charge in [-0.05, 0) is 38.6 Å². The highest BCUT2D eigenvalue weighted by Crippen LogP contribution is 2.20. The van der Waals surface area contributed by atoms with Gasteiger partial charge in [0.15, 0.2) is 0 Å². The number of benzene rings is 1. The minimum Gasteiger partial charge on any atom is -0.309 e. The highest BCUT2D eigenvalue weighted by Gasteiger charge is 2.20. The normalized spacial score (nSPS) is 19.2. The van der Waals surface area contributed by atoms with Crippen molar-refractivity contribution in [2.75, 3.05) is 46.3 Å². The van der Waals surface area contributed by atoms with Crippen molar-refractivity contribution in [3.8, 4) is 0 Å². The first-order chi connectivity index (χ1) is 9.60. The number of piperazine rings is 1. The molecule has 20 heavy (non-hydrogen) atoms. The third-order valence-electron chi connectivity index (χ3n) is 4.29. The molecule has 1 heterocycles. The molecular weight excluding hydrogens is 246 g/mol. The Kier molecular flexibility index (Phi) is 5.58.